The third-order valence-electron chi connectivity index (χ3n) is 3.31. The molecule has 0 aliphatic carbocycles. The molecule has 4 nitrogen and oxygen atoms in total. The molecule has 2 fully saturated rings. The van der Waals surface area contributed by atoms with Crippen LogP contribution < -0.4 is 0 Å². The van der Waals surface area contributed by atoms with Gasteiger partial charge in [0.2, 0.25) is 0 Å². The van der Waals surface area contributed by atoms with Crippen molar-refractivity contribution < 1.29 is 0 Å². The van der Waals surface area contributed by atoms with Crippen molar-refractivity contribution in [2.45, 2.75) is 12.8 Å². The van der Waals surface area contributed by atoms with Gasteiger partial charge in [-0.05, 0) is 26.9 Å². The van der Waals surface area contributed by atoms with E-state index in [2.05, 4.69) is 33.7 Å². The molecule has 0 unspecified atom stereocenters. The van der Waals surface area contributed by atoms with Crippen molar-refractivity contribution >= 4 is 0 Å². The third kappa shape index (κ3) is 3.41. The summed E-state index contributed by atoms with van der Waals surface area (Å²) < 4.78 is 0. The van der Waals surface area contributed by atoms with Crippen LogP contribution in [0, 0.1) is 0 Å². The Hall–Kier alpha value is -0.160. The number of nitrogens with zero attached hydrogens (tertiary/aromatic N) is 4. The summed E-state index contributed by atoms with van der Waals surface area (Å²) in [5.41, 5.74) is 0. The topological polar surface area (TPSA) is 13.0 Å². The van der Waals surface area contributed by atoms with E-state index in [4.69, 9.17) is 0 Å². The summed E-state index contributed by atoms with van der Waals surface area (Å²) in [5.74, 6) is 0. The van der Waals surface area contributed by atoms with Crippen molar-refractivity contribution in [3.05, 3.63) is 0 Å². The predicted molar refractivity (Wildman–Crippen MR) is 62.5 cm³/mol. The van der Waals surface area contributed by atoms with Gasteiger partial charge in [0.15, 0.2) is 0 Å². The Labute approximate surface area is 93.4 Å². The van der Waals surface area contributed by atoms with Crippen LogP contribution in [0.2, 0.25) is 0 Å². The molecule has 0 spiro atoms. The second kappa shape index (κ2) is 5.25. The number of rotatable bonds is 2. The van der Waals surface area contributed by atoms with Gasteiger partial charge in [-0.25, -0.2) is 0 Å². The fourth-order valence-corrected chi connectivity index (χ4v) is 2.61. The van der Waals surface area contributed by atoms with Gasteiger partial charge in [-0.1, -0.05) is 0 Å². The molecular weight excluding hydrogens is 188 g/mol. The Kier molecular flexibility index (Phi) is 3.97. The zero-order valence-electron chi connectivity index (χ0n) is 10.2. The van der Waals surface area contributed by atoms with Crippen molar-refractivity contribution in [1.29, 1.82) is 0 Å². The maximum Gasteiger partial charge on any atom is 0.0529 e. The molecular formula is C11H24N4. The lowest BCUT2D eigenvalue weighted by atomic mass is 10.3. The van der Waals surface area contributed by atoms with Crippen LogP contribution in [-0.2, 0) is 0 Å². The molecule has 2 rings (SSSR count). The summed E-state index contributed by atoms with van der Waals surface area (Å²) in [4.78, 5) is 9.94. The Balaban J connectivity index is 1.75. The van der Waals surface area contributed by atoms with E-state index < -0.39 is 0 Å². The van der Waals surface area contributed by atoms with E-state index in [-0.39, 0.29) is 0 Å². The standard InChI is InChI=1S/C11H24N4/c1-12-5-3-7-14(9-12)11-15-8-4-6-13(2)10-15/h3-11H2,1-2H3. The molecule has 0 amide bonds. The molecule has 0 saturated carbocycles. The largest absolute Gasteiger partial charge is 0.293 e. The van der Waals surface area contributed by atoms with Crippen LogP contribution >= 0.6 is 0 Å². The maximum atomic E-state index is 2.56. The number of hydrogen-bond donors (Lipinski definition) is 0. The fourth-order valence-electron chi connectivity index (χ4n) is 2.61. The summed E-state index contributed by atoms with van der Waals surface area (Å²) in [5, 5.41) is 0. The van der Waals surface area contributed by atoms with Gasteiger partial charge in [0.1, 0.15) is 0 Å². The van der Waals surface area contributed by atoms with Crippen molar-refractivity contribution in [2.75, 3.05) is 60.3 Å². The van der Waals surface area contributed by atoms with Crippen molar-refractivity contribution in [2.24, 2.45) is 0 Å². The summed E-state index contributed by atoms with van der Waals surface area (Å²) in [6.07, 6.45) is 2.64. The molecule has 0 aromatic carbocycles. The minimum absolute atomic E-state index is 1.14. The Morgan fingerprint density at radius 3 is 1.60 bits per heavy atom. The molecule has 0 bridgehead atoms. The first-order chi connectivity index (χ1) is 7.24. The van der Waals surface area contributed by atoms with Crippen molar-refractivity contribution in [3.63, 3.8) is 0 Å². The highest BCUT2D eigenvalue weighted by atomic mass is 15.4. The smallest absolute Gasteiger partial charge is 0.0529 e. The zero-order valence-corrected chi connectivity index (χ0v) is 10.2. The van der Waals surface area contributed by atoms with Crippen molar-refractivity contribution in [1.82, 2.24) is 19.6 Å². The second-order valence-corrected chi connectivity index (χ2v) is 5.08. The Morgan fingerprint density at radius 1 is 0.733 bits per heavy atom. The maximum absolute atomic E-state index is 2.56. The highest BCUT2D eigenvalue weighted by molar-refractivity contribution is 4.69. The van der Waals surface area contributed by atoms with E-state index in [0.29, 0.717) is 0 Å². The second-order valence-electron chi connectivity index (χ2n) is 5.08. The molecule has 0 aromatic heterocycles. The van der Waals surface area contributed by atoms with Gasteiger partial charge >= 0.3 is 0 Å². The normalized spacial score (nSPS) is 28.4. The summed E-state index contributed by atoms with van der Waals surface area (Å²) in [6, 6.07) is 0. The van der Waals surface area contributed by atoms with Gasteiger partial charge in [-0.3, -0.25) is 19.6 Å². The van der Waals surface area contributed by atoms with Gasteiger partial charge in [-0.15, -0.1) is 0 Å². The van der Waals surface area contributed by atoms with Gasteiger partial charge in [0.25, 0.3) is 0 Å². The van der Waals surface area contributed by atoms with E-state index in [0.717, 1.165) is 20.0 Å². The monoisotopic (exact) mass is 212 g/mol. The van der Waals surface area contributed by atoms with Crippen LogP contribution in [-0.4, -0.2) is 79.9 Å². The minimum Gasteiger partial charge on any atom is -0.293 e. The highest BCUT2D eigenvalue weighted by Gasteiger charge is 2.19. The van der Waals surface area contributed by atoms with Crippen LogP contribution in [0.15, 0.2) is 0 Å². The van der Waals surface area contributed by atoms with Crippen LogP contribution in [0.1, 0.15) is 12.8 Å². The Morgan fingerprint density at radius 2 is 1.20 bits per heavy atom. The van der Waals surface area contributed by atoms with E-state index in [1.54, 1.807) is 0 Å². The van der Waals surface area contributed by atoms with Crippen LogP contribution in [0.3, 0.4) is 0 Å². The number of hydrogen-bond acceptors (Lipinski definition) is 4. The first-order valence-corrected chi connectivity index (χ1v) is 6.06. The highest BCUT2D eigenvalue weighted by Crippen LogP contribution is 2.08. The van der Waals surface area contributed by atoms with Gasteiger partial charge in [-0.2, -0.15) is 0 Å². The SMILES string of the molecule is CN1CCCN(CN2CCCN(C)C2)C1. The van der Waals surface area contributed by atoms with Crippen LogP contribution in [0.5, 0.6) is 0 Å². The summed E-state index contributed by atoms with van der Waals surface area (Å²) >= 11 is 0. The molecule has 2 heterocycles. The molecule has 88 valence electrons. The van der Waals surface area contributed by atoms with Gasteiger partial charge in [0.05, 0.1) is 20.0 Å². The summed E-state index contributed by atoms with van der Waals surface area (Å²) in [6.45, 7) is 8.48. The zero-order chi connectivity index (χ0) is 10.7. The minimum atomic E-state index is 1.14. The molecule has 0 aromatic rings. The quantitative estimate of drug-likeness (QED) is 0.645. The third-order valence-corrected chi connectivity index (χ3v) is 3.31. The fraction of sp³-hybridized carbons (Fsp3) is 1.00. The first kappa shape index (κ1) is 11.3. The van der Waals surface area contributed by atoms with E-state index in [9.17, 15) is 0 Å². The lowest BCUT2D eigenvalue weighted by Crippen LogP contribution is -2.51. The molecule has 0 atom stereocenters. The average Bonchev–Trinajstić information content (AvgIpc) is 2.17. The lowest BCUT2D eigenvalue weighted by molar-refractivity contribution is 0.0121. The molecule has 0 radical (unpaired) electrons. The predicted octanol–water partition coefficient (Wildman–Crippen LogP) is 0.134. The molecule has 4 heteroatoms. The van der Waals surface area contributed by atoms with Crippen LogP contribution in [0.4, 0.5) is 0 Å². The van der Waals surface area contributed by atoms with Crippen molar-refractivity contribution in [3.8, 4) is 0 Å². The van der Waals surface area contributed by atoms with E-state index in [1.165, 1.54) is 39.0 Å². The Bertz CT molecular complexity index is 177. The van der Waals surface area contributed by atoms with E-state index >= 15 is 0 Å². The molecule has 2 aliphatic heterocycles. The lowest BCUT2D eigenvalue weighted by Gasteiger charge is -2.40. The van der Waals surface area contributed by atoms with Gasteiger partial charge in [0, 0.05) is 26.2 Å². The molecule has 2 aliphatic rings. The van der Waals surface area contributed by atoms with E-state index in [1.807, 2.05) is 0 Å². The first-order valence-electron chi connectivity index (χ1n) is 6.06. The average molecular weight is 212 g/mol. The molecule has 0 N–H and O–H groups in total. The molecule has 2 saturated heterocycles. The molecule has 15 heavy (non-hydrogen) atoms. The van der Waals surface area contributed by atoms with Crippen LogP contribution in [0.25, 0.3) is 0 Å². The van der Waals surface area contributed by atoms with Gasteiger partial charge < -0.3 is 0 Å². The summed E-state index contributed by atoms with van der Waals surface area (Å²) in [7, 11) is 4.43.